The maximum absolute atomic E-state index is 13.1. The Morgan fingerprint density at radius 2 is 1.53 bits per heavy atom. The van der Waals surface area contributed by atoms with Crippen molar-refractivity contribution in [3.8, 4) is 0 Å². The van der Waals surface area contributed by atoms with Crippen molar-refractivity contribution in [2.24, 2.45) is 11.5 Å². The number of rotatable bonds is 17. The van der Waals surface area contributed by atoms with Crippen molar-refractivity contribution in [2.45, 2.75) is 69.3 Å². The number of hydrogen-bond acceptors (Lipinski definition) is 8. The third kappa shape index (κ3) is 11.4. The van der Waals surface area contributed by atoms with Crippen molar-refractivity contribution in [3.05, 3.63) is 35.9 Å². The fourth-order valence-electron chi connectivity index (χ4n) is 3.42. The van der Waals surface area contributed by atoms with Gasteiger partial charge in [0.25, 0.3) is 0 Å². The number of carbonyl (C=O) groups is 4. The number of aliphatic hydroxyl groups excluding tert-OH is 1. The number of nitrogens with two attached hydrogens (primary N) is 2. The van der Waals surface area contributed by atoms with Crippen molar-refractivity contribution in [2.75, 3.05) is 18.6 Å². The molecule has 0 aliphatic heterocycles. The average Bonchev–Trinajstić information content (AvgIpc) is 2.84. The number of unbranched alkanes of at least 4 members (excludes halogenated alkanes) is 1. The second-order valence-corrected chi connectivity index (χ2v) is 9.54. The number of amides is 3. The lowest BCUT2D eigenvalue weighted by molar-refractivity contribution is -0.145. The van der Waals surface area contributed by atoms with Gasteiger partial charge >= 0.3 is 5.97 Å². The van der Waals surface area contributed by atoms with Gasteiger partial charge in [-0.05, 0) is 63.1 Å². The number of benzene rings is 1. The van der Waals surface area contributed by atoms with Gasteiger partial charge in [-0.3, -0.25) is 14.4 Å². The molecule has 12 heteroatoms. The molecule has 5 unspecified atom stereocenters. The first kappa shape index (κ1) is 31.4. The molecule has 0 aromatic heterocycles. The Morgan fingerprint density at radius 3 is 2.08 bits per heavy atom. The molecule has 0 radical (unpaired) electrons. The molecule has 1 aromatic carbocycles. The number of thioether (sulfide) groups is 1. The monoisotopic (exact) mass is 525 g/mol. The summed E-state index contributed by atoms with van der Waals surface area (Å²) in [4.78, 5) is 50.1. The van der Waals surface area contributed by atoms with Crippen LogP contribution in [0.5, 0.6) is 0 Å². The highest BCUT2D eigenvalue weighted by Crippen LogP contribution is 2.08. The molecular formula is C24H39N5O6S. The first-order valence-corrected chi connectivity index (χ1v) is 13.3. The minimum atomic E-state index is -1.53. The van der Waals surface area contributed by atoms with Gasteiger partial charge in [0.05, 0.1) is 12.1 Å². The number of carbonyl (C=O) groups excluding carboxylic acids is 3. The van der Waals surface area contributed by atoms with Crippen LogP contribution >= 0.6 is 11.8 Å². The van der Waals surface area contributed by atoms with Crippen LogP contribution in [0, 0.1) is 0 Å². The van der Waals surface area contributed by atoms with E-state index >= 15 is 0 Å². The van der Waals surface area contributed by atoms with Crippen molar-refractivity contribution in [3.63, 3.8) is 0 Å². The van der Waals surface area contributed by atoms with Gasteiger partial charge < -0.3 is 37.6 Å². The van der Waals surface area contributed by atoms with Gasteiger partial charge in [0, 0.05) is 0 Å². The lowest BCUT2D eigenvalue weighted by Gasteiger charge is -2.26. The summed E-state index contributed by atoms with van der Waals surface area (Å²) in [7, 11) is 0. The van der Waals surface area contributed by atoms with E-state index in [2.05, 4.69) is 16.0 Å². The van der Waals surface area contributed by atoms with Crippen LogP contribution in [0.4, 0.5) is 0 Å². The lowest BCUT2D eigenvalue weighted by atomic mass is 10.0. The smallest absolute Gasteiger partial charge is 0.328 e. The Balaban J connectivity index is 2.93. The number of aliphatic hydroxyl groups is 1. The van der Waals surface area contributed by atoms with Gasteiger partial charge in [-0.25, -0.2) is 4.79 Å². The predicted molar refractivity (Wildman–Crippen MR) is 139 cm³/mol. The highest BCUT2D eigenvalue weighted by molar-refractivity contribution is 7.98. The molecule has 1 rings (SSSR count). The molecule has 9 N–H and O–H groups in total. The summed E-state index contributed by atoms with van der Waals surface area (Å²) >= 11 is 1.49. The van der Waals surface area contributed by atoms with E-state index in [1.807, 2.05) is 36.6 Å². The van der Waals surface area contributed by atoms with Gasteiger partial charge in [-0.15, -0.1) is 0 Å². The Labute approximate surface area is 216 Å². The van der Waals surface area contributed by atoms with Crippen LogP contribution in [0.25, 0.3) is 0 Å². The molecule has 3 amide bonds. The molecule has 5 atom stereocenters. The van der Waals surface area contributed by atoms with Gasteiger partial charge in [-0.2, -0.15) is 11.8 Å². The van der Waals surface area contributed by atoms with Crippen molar-refractivity contribution < 1.29 is 29.4 Å². The summed E-state index contributed by atoms with van der Waals surface area (Å²) in [6, 6.07) is 4.84. The molecule has 11 nitrogen and oxygen atoms in total. The predicted octanol–water partition coefficient (Wildman–Crippen LogP) is -0.642. The van der Waals surface area contributed by atoms with Crippen LogP contribution in [0.2, 0.25) is 0 Å². The number of hydrogen-bond donors (Lipinski definition) is 7. The number of aliphatic carboxylic acids is 1. The zero-order valence-electron chi connectivity index (χ0n) is 20.8. The molecular weight excluding hydrogens is 486 g/mol. The first-order chi connectivity index (χ1) is 17.1. The molecule has 36 heavy (non-hydrogen) atoms. The molecule has 0 bridgehead atoms. The van der Waals surface area contributed by atoms with Gasteiger partial charge in [0.15, 0.2) is 6.04 Å². The van der Waals surface area contributed by atoms with Crippen LogP contribution in [-0.2, 0) is 25.6 Å². The maximum Gasteiger partial charge on any atom is 0.328 e. The first-order valence-electron chi connectivity index (χ1n) is 11.9. The van der Waals surface area contributed by atoms with E-state index < -0.39 is 54.0 Å². The molecule has 0 aliphatic carbocycles. The minimum Gasteiger partial charge on any atom is -0.480 e. The quantitative estimate of drug-likeness (QED) is 0.129. The summed E-state index contributed by atoms with van der Waals surface area (Å²) in [5.41, 5.74) is 12.5. The Kier molecular flexibility index (Phi) is 14.7. The fraction of sp³-hybridized carbons (Fsp3) is 0.583. The normalized spacial score (nSPS) is 15.1. The molecule has 202 valence electrons. The Morgan fingerprint density at radius 1 is 0.944 bits per heavy atom. The van der Waals surface area contributed by atoms with Crippen LogP contribution in [-0.4, -0.2) is 82.7 Å². The van der Waals surface area contributed by atoms with E-state index in [0.717, 1.165) is 5.56 Å². The summed E-state index contributed by atoms with van der Waals surface area (Å²) in [5, 5.41) is 26.5. The molecule has 1 aromatic rings. The fourth-order valence-corrected chi connectivity index (χ4v) is 3.89. The second kappa shape index (κ2) is 16.9. The molecule has 0 saturated heterocycles. The van der Waals surface area contributed by atoms with E-state index in [1.165, 1.54) is 18.7 Å². The number of carboxylic acid groups (broad SMARTS) is 1. The number of carboxylic acids is 1. The molecule has 0 spiro atoms. The highest BCUT2D eigenvalue weighted by Gasteiger charge is 2.31. The van der Waals surface area contributed by atoms with E-state index in [9.17, 15) is 29.4 Å². The van der Waals surface area contributed by atoms with Gasteiger partial charge in [0.1, 0.15) is 12.1 Å². The molecule has 0 heterocycles. The molecule has 0 saturated carbocycles. The van der Waals surface area contributed by atoms with E-state index in [0.29, 0.717) is 38.0 Å². The van der Waals surface area contributed by atoms with Gasteiger partial charge in [0.2, 0.25) is 17.7 Å². The molecule has 0 aliphatic rings. The number of nitrogens with one attached hydrogen (secondary N) is 3. The third-order valence-corrected chi connectivity index (χ3v) is 6.15. The lowest BCUT2D eigenvalue weighted by Crippen LogP contribution is -2.58. The zero-order chi connectivity index (χ0) is 27.1. The van der Waals surface area contributed by atoms with Crippen molar-refractivity contribution in [1.29, 1.82) is 0 Å². The Hall–Kier alpha value is -2.67. The minimum absolute atomic E-state index is 0.206. The van der Waals surface area contributed by atoms with E-state index in [1.54, 1.807) is 0 Å². The van der Waals surface area contributed by atoms with E-state index in [4.69, 9.17) is 11.5 Å². The Bertz CT molecular complexity index is 842. The molecule has 0 fully saturated rings. The zero-order valence-corrected chi connectivity index (χ0v) is 21.6. The van der Waals surface area contributed by atoms with Crippen molar-refractivity contribution in [1.82, 2.24) is 16.0 Å². The van der Waals surface area contributed by atoms with Gasteiger partial charge in [-0.1, -0.05) is 30.3 Å². The summed E-state index contributed by atoms with van der Waals surface area (Å²) in [5.74, 6) is -2.66. The van der Waals surface area contributed by atoms with Crippen LogP contribution in [0.15, 0.2) is 30.3 Å². The standard InChI is InChI=1S/C24H39N5O6S/c1-15(30)20(24(34)35)29-23(33)18(10-6-7-12-25)28-22(32)19(11-13-36-2)27-21(31)17(26)14-16-8-4-3-5-9-16/h3-5,8-9,15,17-20,30H,6-7,10-14,25-26H2,1-2H3,(H,27,31)(H,28,32)(H,29,33)(H,34,35). The highest BCUT2D eigenvalue weighted by atomic mass is 32.2. The third-order valence-electron chi connectivity index (χ3n) is 5.50. The summed E-state index contributed by atoms with van der Waals surface area (Å²) in [6.07, 6.45) is 2.43. The summed E-state index contributed by atoms with van der Waals surface area (Å²) in [6.45, 7) is 1.63. The van der Waals surface area contributed by atoms with Crippen LogP contribution < -0.4 is 27.4 Å². The van der Waals surface area contributed by atoms with Crippen LogP contribution in [0.1, 0.15) is 38.2 Å². The van der Waals surface area contributed by atoms with E-state index in [-0.39, 0.29) is 6.42 Å². The van der Waals surface area contributed by atoms with Crippen LogP contribution in [0.3, 0.4) is 0 Å². The average molecular weight is 526 g/mol. The summed E-state index contributed by atoms with van der Waals surface area (Å²) < 4.78 is 0. The maximum atomic E-state index is 13.1. The largest absolute Gasteiger partial charge is 0.480 e. The topological polar surface area (TPSA) is 197 Å². The second-order valence-electron chi connectivity index (χ2n) is 8.55. The SMILES string of the molecule is CSCCC(NC(=O)C(N)Cc1ccccc1)C(=O)NC(CCCCN)C(=O)NC(C(=O)O)C(C)O. The van der Waals surface area contributed by atoms with Crippen molar-refractivity contribution >= 4 is 35.5 Å².